The third kappa shape index (κ3) is 11.6. The first kappa shape index (κ1) is 21.4. The second kappa shape index (κ2) is 12.9. The van der Waals surface area contributed by atoms with Crippen molar-refractivity contribution >= 4 is 12.2 Å². The smallest absolute Gasteiger partial charge is 0.407 e. The van der Waals surface area contributed by atoms with Gasteiger partial charge in [-0.25, -0.2) is 9.59 Å². The first-order valence-electron chi connectivity index (χ1n) is 7.54. The minimum absolute atomic E-state index is 0.0280. The summed E-state index contributed by atoms with van der Waals surface area (Å²) in [5, 5.41) is 22.6. The molecular weight excluding hydrogens is 308 g/mol. The zero-order valence-electron chi connectivity index (χ0n) is 13.9. The standard InChI is InChI=1S/C14H28N2O7/c1-10(4-6-17)15-13(19)22-8-12(21-3)9-23-14(20)16-11(2)5-7-18/h10-12,17-18H,4-9H2,1-3H3,(H,15,19)(H,16,20). The highest BCUT2D eigenvalue weighted by atomic mass is 16.6. The van der Waals surface area contributed by atoms with E-state index in [1.54, 1.807) is 13.8 Å². The zero-order chi connectivity index (χ0) is 17.7. The van der Waals surface area contributed by atoms with E-state index in [4.69, 9.17) is 24.4 Å². The van der Waals surface area contributed by atoms with Crippen LogP contribution in [-0.4, -0.2) is 74.1 Å². The van der Waals surface area contributed by atoms with Crippen molar-refractivity contribution in [2.45, 2.75) is 44.9 Å². The Morgan fingerprint density at radius 2 is 1.30 bits per heavy atom. The van der Waals surface area contributed by atoms with Crippen molar-refractivity contribution in [3.8, 4) is 0 Å². The molecule has 136 valence electrons. The molecule has 23 heavy (non-hydrogen) atoms. The fraction of sp³-hybridized carbons (Fsp3) is 0.857. The second-order valence-corrected chi connectivity index (χ2v) is 5.17. The van der Waals surface area contributed by atoms with Crippen molar-refractivity contribution in [2.75, 3.05) is 33.5 Å². The van der Waals surface area contributed by atoms with Crippen LogP contribution in [0.4, 0.5) is 9.59 Å². The van der Waals surface area contributed by atoms with Gasteiger partial charge in [0.15, 0.2) is 0 Å². The van der Waals surface area contributed by atoms with Crippen LogP contribution in [0.2, 0.25) is 0 Å². The van der Waals surface area contributed by atoms with Gasteiger partial charge in [0.05, 0.1) is 0 Å². The molecule has 4 N–H and O–H groups in total. The maximum Gasteiger partial charge on any atom is 0.407 e. The van der Waals surface area contributed by atoms with Gasteiger partial charge in [0.2, 0.25) is 0 Å². The van der Waals surface area contributed by atoms with Gasteiger partial charge in [0.25, 0.3) is 0 Å². The number of carbonyl (C=O) groups excluding carboxylic acids is 2. The van der Waals surface area contributed by atoms with Crippen LogP contribution in [0.25, 0.3) is 0 Å². The first-order valence-corrected chi connectivity index (χ1v) is 7.54. The molecule has 0 saturated carbocycles. The topological polar surface area (TPSA) is 126 Å². The number of hydrogen-bond acceptors (Lipinski definition) is 7. The summed E-state index contributed by atoms with van der Waals surface area (Å²) in [6.45, 7) is 3.28. The lowest BCUT2D eigenvalue weighted by Gasteiger charge is -2.18. The van der Waals surface area contributed by atoms with Gasteiger partial charge in [-0.05, 0) is 26.7 Å². The first-order chi connectivity index (χ1) is 10.9. The molecule has 0 aromatic heterocycles. The Hall–Kier alpha value is -1.58. The van der Waals surface area contributed by atoms with E-state index in [0.717, 1.165) is 0 Å². The summed E-state index contributed by atoms with van der Waals surface area (Å²) < 4.78 is 15.0. The number of ether oxygens (including phenoxy) is 3. The van der Waals surface area contributed by atoms with Gasteiger partial charge in [-0.1, -0.05) is 0 Å². The van der Waals surface area contributed by atoms with Crippen molar-refractivity contribution in [2.24, 2.45) is 0 Å². The van der Waals surface area contributed by atoms with E-state index in [1.165, 1.54) is 7.11 Å². The number of nitrogens with one attached hydrogen (secondary N) is 2. The highest BCUT2D eigenvalue weighted by Gasteiger charge is 2.16. The number of hydrogen-bond donors (Lipinski definition) is 4. The van der Waals surface area contributed by atoms with Crippen molar-refractivity contribution in [1.82, 2.24) is 10.6 Å². The second-order valence-electron chi connectivity index (χ2n) is 5.17. The number of amides is 2. The van der Waals surface area contributed by atoms with Gasteiger partial charge in [-0.3, -0.25) is 0 Å². The van der Waals surface area contributed by atoms with Crippen molar-refractivity contribution in [3.63, 3.8) is 0 Å². The van der Waals surface area contributed by atoms with Gasteiger partial charge in [0, 0.05) is 32.4 Å². The SMILES string of the molecule is COC(COC(=O)NC(C)CCO)COC(=O)NC(C)CCO. The Kier molecular flexibility index (Phi) is 12.0. The molecule has 0 aromatic carbocycles. The fourth-order valence-corrected chi connectivity index (χ4v) is 1.54. The Bertz CT molecular complexity index is 311. The lowest BCUT2D eigenvalue weighted by Crippen LogP contribution is -2.38. The van der Waals surface area contributed by atoms with Gasteiger partial charge >= 0.3 is 12.2 Å². The highest BCUT2D eigenvalue weighted by Crippen LogP contribution is 1.97. The summed E-state index contributed by atoms with van der Waals surface area (Å²) in [6, 6.07) is -0.410. The van der Waals surface area contributed by atoms with E-state index < -0.39 is 18.3 Å². The highest BCUT2D eigenvalue weighted by molar-refractivity contribution is 5.68. The molecule has 0 spiro atoms. The van der Waals surface area contributed by atoms with Crippen molar-refractivity contribution in [1.29, 1.82) is 0 Å². The maximum atomic E-state index is 11.5. The predicted octanol–water partition coefficient (Wildman–Crippen LogP) is -0.00440. The van der Waals surface area contributed by atoms with Crippen LogP contribution >= 0.6 is 0 Å². The normalized spacial score (nSPS) is 14.5. The van der Waals surface area contributed by atoms with E-state index in [0.29, 0.717) is 12.8 Å². The fourth-order valence-electron chi connectivity index (χ4n) is 1.54. The van der Waals surface area contributed by atoms with E-state index in [2.05, 4.69) is 10.6 Å². The molecule has 2 atom stereocenters. The van der Waals surface area contributed by atoms with E-state index in [1.807, 2.05) is 0 Å². The average molecular weight is 336 g/mol. The number of rotatable bonds is 11. The molecule has 0 aromatic rings. The molecule has 0 bridgehead atoms. The van der Waals surface area contributed by atoms with Crippen molar-refractivity contribution in [3.05, 3.63) is 0 Å². The molecule has 0 heterocycles. The molecule has 0 rings (SSSR count). The van der Waals surface area contributed by atoms with Crippen LogP contribution < -0.4 is 10.6 Å². The van der Waals surface area contributed by atoms with Crippen molar-refractivity contribution < 1.29 is 34.0 Å². The van der Waals surface area contributed by atoms with Gasteiger partial charge in [-0.2, -0.15) is 0 Å². The molecular formula is C14H28N2O7. The lowest BCUT2D eigenvalue weighted by atomic mass is 10.2. The molecule has 0 radical (unpaired) electrons. The molecule has 0 aliphatic heterocycles. The number of methoxy groups -OCH3 is 1. The van der Waals surface area contributed by atoms with Crippen LogP contribution in [-0.2, 0) is 14.2 Å². The minimum atomic E-state index is -0.631. The van der Waals surface area contributed by atoms with E-state index in [-0.39, 0.29) is 38.5 Å². The summed E-state index contributed by atoms with van der Waals surface area (Å²) in [4.78, 5) is 23.0. The average Bonchev–Trinajstić information content (AvgIpc) is 2.47. The van der Waals surface area contributed by atoms with Crippen LogP contribution in [0, 0.1) is 0 Å². The predicted molar refractivity (Wildman–Crippen MR) is 82.1 cm³/mol. The van der Waals surface area contributed by atoms with Crippen LogP contribution in [0.3, 0.4) is 0 Å². The maximum absolute atomic E-state index is 11.5. The monoisotopic (exact) mass is 336 g/mol. The summed E-state index contributed by atoms with van der Waals surface area (Å²) in [7, 11) is 1.41. The number of aliphatic hydroxyl groups is 2. The molecule has 0 fully saturated rings. The quantitative estimate of drug-likeness (QED) is 0.418. The minimum Gasteiger partial charge on any atom is -0.447 e. The zero-order valence-corrected chi connectivity index (χ0v) is 13.9. The summed E-state index contributed by atoms with van der Waals surface area (Å²) >= 11 is 0. The molecule has 9 heteroatoms. The molecule has 9 nitrogen and oxygen atoms in total. The van der Waals surface area contributed by atoms with E-state index >= 15 is 0 Å². The number of carbonyl (C=O) groups is 2. The third-order valence-electron chi connectivity index (χ3n) is 2.99. The van der Waals surface area contributed by atoms with Crippen LogP contribution in [0.5, 0.6) is 0 Å². The van der Waals surface area contributed by atoms with Crippen LogP contribution in [0.1, 0.15) is 26.7 Å². The molecule has 0 saturated heterocycles. The Morgan fingerprint density at radius 3 is 1.61 bits per heavy atom. The Balaban J connectivity index is 3.97. The number of aliphatic hydroxyl groups excluding tert-OH is 2. The van der Waals surface area contributed by atoms with E-state index in [9.17, 15) is 9.59 Å². The third-order valence-corrected chi connectivity index (χ3v) is 2.99. The lowest BCUT2D eigenvalue weighted by molar-refractivity contribution is -0.00539. The molecule has 0 aliphatic carbocycles. The molecule has 2 unspecified atom stereocenters. The largest absolute Gasteiger partial charge is 0.447 e. The van der Waals surface area contributed by atoms with Crippen LogP contribution in [0.15, 0.2) is 0 Å². The number of alkyl carbamates (subject to hydrolysis) is 2. The summed E-state index contributed by atoms with van der Waals surface area (Å²) in [5.41, 5.74) is 0. The van der Waals surface area contributed by atoms with Gasteiger partial charge in [0.1, 0.15) is 19.3 Å². The van der Waals surface area contributed by atoms with Gasteiger partial charge < -0.3 is 35.1 Å². The molecule has 0 aliphatic rings. The Labute approximate surface area is 136 Å². The molecule has 2 amide bonds. The van der Waals surface area contributed by atoms with Gasteiger partial charge in [-0.15, -0.1) is 0 Å². The summed E-state index contributed by atoms with van der Waals surface area (Å²) in [6.07, 6.45) is -0.994. The Morgan fingerprint density at radius 1 is 0.913 bits per heavy atom. The summed E-state index contributed by atoms with van der Waals surface area (Å²) in [5.74, 6) is 0.